The number of aromatic nitrogens is 3. The van der Waals surface area contributed by atoms with Crippen LogP contribution in [0.5, 0.6) is 11.5 Å². The third-order valence-corrected chi connectivity index (χ3v) is 4.37. The fraction of sp³-hybridized carbons (Fsp3) is 0.250. The molecule has 1 aromatic heterocycles. The molecule has 3 aromatic rings. The molecule has 0 aliphatic carbocycles. The smallest absolute Gasteiger partial charge is 0.435 e. The molecule has 0 spiro atoms. The highest BCUT2D eigenvalue weighted by atomic mass is 19.4. The highest BCUT2D eigenvalue weighted by molar-refractivity contribution is 5.93. The molecular weight excluding hydrogens is 458 g/mol. The van der Waals surface area contributed by atoms with Crippen LogP contribution in [0.4, 0.5) is 26.3 Å². The van der Waals surface area contributed by atoms with Crippen LogP contribution in [-0.4, -0.2) is 41.2 Å². The molecule has 0 aliphatic heterocycles. The molecule has 1 amide bonds. The predicted molar refractivity (Wildman–Crippen MR) is 102 cm³/mol. The van der Waals surface area contributed by atoms with Gasteiger partial charge in [-0.2, -0.15) is 22.0 Å². The van der Waals surface area contributed by atoms with Gasteiger partial charge in [-0.05, 0) is 48.4 Å². The zero-order valence-electron chi connectivity index (χ0n) is 16.9. The number of nitrogens with one attached hydrogen (secondary N) is 1. The minimum Gasteiger partial charge on any atom is -0.493 e. The molecule has 1 heterocycles. The van der Waals surface area contributed by atoms with E-state index in [1.807, 2.05) is 0 Å². The molecule has 13 heteroatoms. The molecule has 176 valence electrons. The third-order valence-electron chi connectivity index (χ3n) is 4.37. The van der Waals surface area contributed by atoms with Crippen molar-refractivity contribution in [2.75, 3.05) is 13.7 Å². The number of methoxy groups -OCH3 is 1. The number of amides is 1. The number of nitrogens with zero attached hydrogens (tertiary/aromatic N) is 3. The average Bonchev–Trinajstić information content (AvgIpc) is 3.20. The van der Waals surface area contributed by atoms with E-state index in [-0.39, 0.29) is 30.2 Å². The Morgan fingerprint density at radius 2 is 1.82 bits per heavy atom. The quantitative estimate of drug-likeness (QED) is 0.500. The van der Waals surface area contributed by atoms with Crippen LogP contribution in [0.1, 0.15) is 21.7 Å². The second-order valence-electron chi connectivity index (χ2n) is 6.54. The van der Waals surface area contributed by atoms with Gasteiger partial charge in [0.05, 0.1) is 12.8 Å². The van der Waals surface area contributed by atoms with Crippen LogP contribution in [0.2, 0.25) is 0 Å². The minimum absolute atomic E-state index is 0.0651. The molecule has 0 fully saturated rings. The molecule has 0 bridgehead atoms. The van der Waals surface area contributed by atoms with Gasteiger partial charge in [0.2, 0.25) is 0 Å². The Morgan fingerprint density at radius 1 is 1.12 bits per heavy atom. The van der Waals surface area contributed by atoms with Gasteiger partial charge in [-0.15, -0.1) is 5.10 Å². The molecule has 2 aromatic carbocycles. The van der Waals surface area contributed by atoms with Crippen LogP contribution in [0, 0.1) is 5.82 Å². The van der Waals surface area contributed by atoms with Gasteiger partial charge in [0.15, 0.2) is 22.9 Å². The average molecular weight is 474 g/mol. The second kappa shape index (κ2) is 9.79. The number of carbonyl (C=O) groups is 1. The van der Waals surface area contributed by atoms with Crippen molar-refractivity contribution in [3.05, 3.63) is 65.2 Å². The van der Waals surface area contributed by atoms with Crippen molar-refractivity contribution < 1.29 is 40.6 Å². The minimum atomic E-state index is -4.98. The van der Waals surface area contributed by atoms with Crippen LogP contribution in [0.25, 0.3) is 5.69 Å². The van der Waals surface area contributed by atoms with Crippen molar-refractivity contribution in [3.8, 4) is 17.2 Å². The Balaban J connectivity index is 1.75. The van der Waals surface area contributed by atoms with Gasteiger partial charge in [-0.3, -0.25) is 4.79 Å². The molecule has 0 saturated carbocycles. The lowest BCUT2D eigenvalue weighted by Crippen LogP contribution is -2.29. The van der Waals surface area contributed by atoms with E-state index < -0.39 is 35.9 Å². The number of carbonyl (C=O) groups excluding carboxylic acids is 1. The summed E-state index contributed by atoms with van der Waals surface area (Å²) in [6, 6.07) is 8.17. The van der Waals surface area contributed by atoms with Crippen LogP contribution < -0.4 is 14.8 Å². The standard InChI is InChI=1S/C20H16F6N4O3/c1-32-14-7-2-11(10-15(14)33-19(22)23)8-9-27-18(31)16-17(20(24,25)26)30(29-28-16)13-5-3-12(21)4-6-13/h2-7,10,19H,8-9H2,1H3,(H,27,31). The number of ether oxygens (including phenoxy) is 2. The van der Waals surface area contributed by atoms with Crippen LogP contribution >= 0.6 is 0 Å². The fourth-order valence-corrected chi connectivity index (χ4v) is 2.92. The summed E-state index contributed by atoms with van der Waals surface area (Å²) >= 11 is 0. The second-order valence-corrected chi connectivity index (χ2v) is 6.54. The highest BCUT2D eigenvalue weighted by Crippen LogP contribution is 2.33. The van der Waals surface area contributed by atoms with Gasteiger partial charge < -0.3 is 14.8 Å². The van der Waals surface area contributed by atoms with E-state index in [4.69, 9.17) is 4.74 Å². The zero-order chi connectivity index (χ0) is 24.2. The van der Waals surface area contributed by atoms with E-state index in [0.29, 0.717) is 10.2 Å². The lowest BCUT2D eigenvalue weighted by Gasteiger charge is -2.12. The topological polar surface area (TPSA) is 78.3 Å². The van der Waals surface area contributed by atoms with Crippen LogP contribution in [0.15, 0.2) is 42.5 Å². The van der Waals surface area contributed by atoms with Crippen molar-refractivity contribution >= 4 is 5.91 Å². The lowest BCUT2D eigenvalue weighted by molar-refractivity contribution is -0.143. The molecule has 0 aliphatic rings. The number of hydrogen-bond acceptors (Lipinski definition) is 5. The lowest BCUT2D eigenvalue weighted by atomic mass is 10.1. The molecular formula is C20H16F6N4O3. The maximum atomic E-state index is 13.6. The Hall–Kier alpha value is -3.77. The summed E-state index contributed by atoms with van der Waals surface area (Å²) < 4.78 is 88.7. The molecule has 0 radical (unpaired) electrons. The van der Waals surface area contributed by atoms with Crippen molar-refractivity contribution in [2.24, 2.45) is 0 Å². The molecule has 3 rings (SSSR count). The Morgan fingerprint density at radius 3 is 2.42 bits per heavy atom. The van der Waals surface area contributed by atoms with E-state index in [0.717, 1.165) is 24.3 Å². The summed E-state index contributed by atoms with van der Waals surface area (Å²) in [4.78, 5) is 12.4. The van der Waals surface area contributed by atoms with Gasteiger partial charge in [-0.25, -0.2) is 9.07 Å². The number of rotatable bonds is 8. The maximum absolute atomic E-state index is 13.6. The maximum Gasteiger partial charge on any atom is 0.435 e. The normalized spacial score (nSPS) is 11.5. The number of benzene rings is 2. The molecule has 7 nitrogen and oxygen atoms in total. The Bertz CT molecular complexity index is 1120. The molecule has 0 unspecified atom stereocenters. The predicted octanol–water partition coefficient (Wildman–Crippen LogP) is 4.01. The monoisotopic (exact) mass is 474 g/mol. The first-order chi connectivity index (χ1) is 15.6. The first-order valence-electron chi connectivity index (χ1n) is 9.29. The first-order valence-corrected chi connectivity index (χ1v) is 9.29. The summed E-state index contributed by atoms with van der Waals surface area (Å²) in [5.41, 5.74) is -2.08. The fourth-order valence-electron chi connectivity index (χ4n) is 2.92. The number of hydrogen-bond donors (Lipinski definition) is 1. The largest absolute Gasteiger partial charge is 0.493 e. The highest BCUT2D eigenvalue weighted by Gasteiger charge is 2.42. The Kier molecular flexibility index (Phi) is 7.09. The van der Waals surface area contributed by atoms with Crippen LogP contribution in [0.3, 0.4) is 0 Å². The number of halogens is 6. The van der Waals surface area contributed by atoms with Gasteiger partial charge in [0.25, 0.3) is 5.91 Å². The van der Waals surface area contributed by atoms with Gasteiger partial charge in [0.1, 0.15) is 5.82 Å². The summed E-state index contributed by atoms with van der Waals surface area (Å²) in [5.74, 6) is -1.97. The Labute approximate surface area is 182 Å². The van der Waals surface area contributed by atoms with Crippen molar-refractivity contribution in [1.29, 1.82) is 0 Å². The van der Waals surface area contributed by atoms with Gasteiger partial charge in [0, 0.05) is 6.54 Å². The van der Waals surface area contributed by atoms with E-state index in [1.165, 1.54) is 25.3 Å². The van der Waals surface area contributed by atoms with Gasteiger partial charge >= 0.3 is 12.8 Å². The van der Waals surface area contributed by atoms with E-state index >= 15 is 0 Å². The third kappa shape index (κ3) is 5.73. The molecule has 33 heavy (non-hydrogen) atoms. The van der Waals surface area contributed by atoms with Crippen molar-refractivity contribution in [1.82, 2.24) is 20.3 Å². The van der Waals surface area contributed by atoms with Crippen molar-refractivity contribution in [2.45, 2.75) is 19.2 Å². The van der Waals surface area contributed by atoms with E-state index in [2.05, 4.69) is 20.4 Å². The summed E-state index contributed by atoms with van der Waals surface area (Å²) in [6.07, 6.45) is -4.90. The molecule has 1 N–H and O–H groups in total. The SMILES string of the molecule is COc1ccc(CCNC(=O)c2nnn(-c3ccc(F)cc3)c2C(F)(F)F)cc1OC(F)F. The van der Waals surface area contributed by atoms with Crippen LogP contribution in [-0.2, 0) is 12.6 Å². The van der Waals surface area contributed by atoms with Crippen molar-refractivity contribution in [3.63, 3.8) is 0 Å². The number of alkyl halides is 5. The summed E-state index contributed by atoms with van der Waals surface area (Å²) in [6.45, 7) is -3.22. The van der Waals surface area contributed by atoms with E-state index in [1.54, 1.807) is 0 Å². The molecule has 0 atom stereocenters. The summed E-state index contributed by atoms with van der Waals surface area (Å²) in [5, 5.41) is 9.02. The van der Waals surface area contributed by atoms with Gasteiger partial charge in [-0.1, -0.05) is 11.3 Å². The zero-order valence-corrected chi connectivity index (χ0v) is 16.9. The van der Waals surface area contributed by atoms with E-state index in [9.17, 15) is 31.1 Å². The first kappa shape index (κ1) is 23.9. The molecule has 0 saturated heterocycles. The summed E-state index contributed by atoms with van der Waals surface area (Å²) in [7, 11) is 1.27.